The zero-order chi connectivity index (χ0) is 14.8. The second kappa shape index (κ2) is 6.09. The molecule has 114 valence electrons. The standard InChI is InChI=1S/C12H20N2O5S/c1-19-12(16)9-3-2-4-10(9)20(17,18)13-7-8-5-6-11(15)14-8/h8-10,13H,2-7H2,1H3,(H,14,15). The van der Waals surface area contributed by atoms with Crippen LogP contribution in [-0.4, -0.2) is 45.2 Å². The zero-order valence-corrected chi connectivity index (χ0v) is 12.2. The molecule has 0 aromatic heterocycles. The Morgan fingerprint density at radius 3 is 2.75 bits per heavy atom. The van der Waals surface area contributed by atoms with E-state index in [4.69, 9.17) is 0 Å². The van der Waals surface area contributed by atoms with E-state index in [0.717, 1.165) is 0 Å². The Kier molecular flexibility index (Phi) is 4.64. The molecule has 0 radical (unpaired) electrons. The summed E-state index contributed by atoms with van der Waals surface area (Å²) in [5.74, 6) is -1.11. The highest BCUT2D eigenvalue weighted by atomic mass is 32.2. The van der Waals surface area contributed by atoms with Crippen LogP contribution in [0.15, 0.2) is 0 Å². The molecule has 2 N–H and O–H groups in total. The first-order valence-electron chi connectivity index (χ1n) is 6.79. The van der Waals surface area contributed by atoms with Crippen LogP contribution in [0.25, 0.3) is 0 Å². The number of rotatable bonds is 5. The Morgan fingerprint density at radius 1 is 1.40 bits per heavy atom. The van der Waals surface area contributed by atoms with Gasteiger partial charge in [-0.1, -0.05) is 6.42 Å². The van der Waals surface area contributed by atoms with Crippen molar-refractivity contribution in [3.05, 3.63) is 0 Å². The highest BCUT2D eigenvalue weighted by molar-refractivity contribution is 7.90. The number of amides is 1. The summed E-state index contributed by atoms with van der Waals surface area (Å²) in [6.07, 6.45) is 2.77. The Bertz CT molecular complexity index is 490. The minimum Gasteiger partial charge on any atom is -0.469 e. The van der Waals surface area contributed by atoms with Crippen LogP contribution in [0.5, 0.6) is 0 Å². The molecule has 1 heterocycles. The number of ether oxygens (including phenoxy) is 1. The van der Waals surface area contributed by atoms with Crippen LogP contribution in [0.2, 0.25) is 0 Å². The first-order chi connectivity index (χ1) is 9.44. The maximum Gasteiger partial charge on any atom is 0.310 e. The van der Waals surface area contributed by atoms with Gasteiger partial charge < -0.3 is 10.1 Å². The van der Waals surface area contributed by atoms with Crippen molar-refractivity contribution < 1.29 is 22.7 Å². The van der Waals surface area contributed by atoms with E-state index in [0.29, 0.717) is 32.1 Å². The summed E-state index contributed by atoms with van der Waals surface area (Å²) in [4.78, 5) is 22.7. The van der Waals surface area contributed by atoms with Crippen LogP contribution in [0, 0.1) is 5.92 Å². The molecule has 1 saturated carbocycles. The molecule has 0 aromatic rings. The van der Waals surface area contributed by atoms with Crippen LogP contribution >= 0.6 is 0 Å². The number of nitrogens with one attached hydrogen (secondary N) is 2. The van der Waals surface area contributed by atoms with Gasteiger partial charge in [0.2, 0.25) is 15.9 Å². The van der Waals surface area contributed by atoms with Crippen LogP contribution in [-0.2, 0) is 24.3 Å². The van der Waals surface area contributed by atoms with Crippen molar-refractivity contribution >= 4 is 21.9 Å². The van der Waals surface area contributed by atoms with Crippen LogP contribution < -0.4 is 10.0 Å². The minimum absolute atomic E-state index is 0.0532. The van der Waals surface area contributed by atoms with E-state index in [9.17, 15) is 18.0 Å². The molecular weight excluding hydrogens is 284 g/mol. The molecule has 0 aromatic carbocycles. The van der Waals surface area contributed by atoms with Crippen molar-refractivity contribution in [2.24, 2.45) is 5.92 Å². The fourth-order valence-electron chi connectivity index (χ4n) is 2.87. The van der Waals surface area contributed by atoms with Gasteiger partial charge in [0.1, 0.15) is 0 Å². The summed E-state index contributed by atoms with van der Waals surface area (Å²) < 4.78 is 31.7. The smallest absolute Gasteiger partial charge is 0.310 e. The van der Waals surface area contributed by atoms with E-state index in [1.165, 1.54) is 7.11 Å². The van der Waals surface area contributed by atoms with E-state index in [-0.39, 0.29) is 18.5 Å². The lowest BCUT2D eigenvalue weighted by Crippen LogP contribution is -2.44. The van der Waals surface area contributed by atoms with Gasteiger partial charge in [-0.05, 0) is 19.3 Å². The third-order valence-electron chi connectivity index (χ3n) is 3.97. The van der Waals surface area contributed by atoms with Gasteiger partial charge in [0.25, 0.3) is 0 Å². The molecule has 20 heavy (non-hydrogen) atoms. The molecule has 1 amide bonds. The Balaban J connectivity index is 1.95. The molecule has 0 bridgehead atoms. The summed E-state index contributed by atoms with van der Waals surface area (Å²) in [7, 11) is -2.30. The maximum atomic E-state index is 12.3. The number of carbonyl (C=O) groups excluding carboxylic acids is 2. The summed E-state index contributed by atoms with van der Waals surface area (Å²) in [5.41, 5.74) is 0. The van der Waals surface area contributed by atoms with Crippen molar-refractivity contribution in [2.45, 2.75) is 43.4 Å². The number of hydrogen-bond donors (Lipinski definition) is 2. The predicted octanol–water partition coefficient (Wildman–Crippen LogP) is -0.474. The number of hydrogen-bond acceptors (Lipinski definition) is 5. The number of sulfonamides is 1. The second-order valence-corrected chi connectivity index (χ2v) is 7.28. The lowest BCUT2D eigenvalue weighted by molar-refractivity contribution is -0.145. The molecular formula is C12H20N2O5S. The summed E-state index contributed by atoms with van der Waals surface area (Å²) >= 11 is 0. The third-order valence-corrected chi connectivity index (χ3v) is 5.90. The summed E-state index contributed by atoms with van der Waals surface area (Å²) in [6.45, 7) is 0.179. The van der Waals surface area contributed by atoms with Gasteiger partial charge >= 0.3 is 5.97 Å². The predicted molar refractivity (Wildman–Crippen MR) is 71.2 cm³/mol. The second-order valence-electron chi connectivity index (χ2n) is 5.30. The molecule has 3 unspecified atom stereocenters. The van der Waals surface area contributed by atoms with Gasteiger partial charge in [0, 0.05) is 19.0 Å². The molecule has 7 nitrogen and oxygen atoms in total. The largest absolute Gasteiger partial charge is 0.469 e. The lowest BCUT2D eigenvalue weighted by atomic mass is 10.1. The minimum atomic E-state index is -3.57. The zero-order valence-electron chi connectivity index (χ0n) is 11.4. The van der Waals surface area contributed by atoms with Gasteiger partial charge in [0.15, 0.2) is 0 Å². The molecule has 1 aliphatic carbocycles. The van der Waals surface area contributed by atoms with E-state index >= 15 is 0 Å². The van der Waals surface area contributed by atoms with Gasteiger partial charge in [-0.15, -0.1) is 0 Å². The fraction of sp³-hybridized carbons (Fsp3) is 0.833. The monoisotopic (exact) mass is 304 g/mol. The molecule has 8 heteroatoms. The summed E-state index contributed by atoms with van der Waals surface area (Å²) in [5, 5.41) is 1.98. The number of methoxy groups -OCH3 is 1. The van der Waals surface area contributed by atoms with Gasteiger partial charge in [-0.3, -0.25) is 9.59 Å². The number of carbonyl (C=O) groups is 2. The first-order valence-corrected chi connectivity index (χ1v) is 8.34. The Morgan fingerprint density at radius 2 is 2.15 bits per heavy atom. The molecule has 2 fully saturated rings. The van der Waals surface area contributed by atoms with Crippen molar-refractivity contribution in [3.63, 3.8) is 0 Å². The van der Waals surface area contributed by atoms with Crippen molar-refractivity contribution in [1.82, 2.24) is 10.0 Å². The normalized spacial score (nSPS) is 30.2. The first kappa shape index (κ1) is 15.2. The van der Waals surface area contributed by atoms with Crippen molar-refractivity contribution in [2.75, 3.05) is 13.7 Å². The highest BCUT2D eigenvalue weighted by Gasteiger charge is 2.42. The highest BCUT2D eigenvalue weighted by Crippen LogP contribution is 2.31. The van der Waals surface area contributed by atoms with Gasteiger partial charge in [-0.2, -0.15) is 0 Å². The van der Waals surface area contributed by atoms with Crippen molar-refractivity contribution in [1.29, 1.82) is 0 Å². The summed E-state index contributed by atoms with van der Waals surface area (Å²) in [6, 6.07) is -0.157. The number of esters is 1. The molecule has 1 saturated heterocycles. The molecule has 2 rings (SSSR count). The fourth-order valence-corrected chi connectivity index (χ4v) is 4.68. The Labute approximate surface area is 118 Å². The molecule has 1 aliphatic heterocycles. The maximum absolute atomic E-state index is 12.3. The van der Waals surface area contributed by atoms with Gasteiger partial charge in [0.05, 0.1) is 18.3 Å². The van der Waals surface area contributed by atoms with Crippen LogP contribution in [0.1, 0.15) is 32.1 Å². The molecule has 3 atom stereocenters. The third kappa shape index (κ3) is 3.29. The van der Waals surface area contributed by atoms with E-state index < -0.39 is 27.2 Å². The quantitative estimate of drug-likeness (QED) is 0.668. The molecule has 0 spiro atoms. The van der Waals surface area contributed by atoms with E-state index in [1.807, 2.05) is 0 Å². The average Bonchev–Trinajstić information content (AvgIpc) is 3.04. The van der Waals surface area contributed by atoms with Crippen LogP contribution in [0.4, 0.5) is 0 Å². The SMILES string of the molecule is COC(=O)C1CCCC1S(=O)(=O)NCC1CCC(=O)N1. The van der Waals surface area contributed by atoms with Crippen molar-refractivity contribution in [3.8, 4) is 0 Å². The molecule has 2 aliphatic rings. The van der Waals surface area contributed by atoms with E-state index in [1.54, 1.807) is 0 Å². The Hall–Kier alpha value is -1.15. The van der Waals surface area contributed by atoms with Gasteiger partial charge in [-0.25, -0.2) is 13.1 Å². The average molecular weight is 304 g/mol. The van der Waals surface area contributed by atoms with E-state index in [2.05, 4.69) is 14.8 Å². The van der Waals surface area contributed by atoms with Crippen LogP contribution in [0.3, 0.4) is 0 Å². The topological polar surface area (TPSA) is 102 Å². The lowest BCUT2D eigenvalue weighted by Gasteiger charge is -2.20.